The van der Waals surface area contributed by atoms with Crippen LogP contribution in [0.15, 0.2) is 46.5 Å². The largest absolute Gasteiger partial charge is 0.441 e. The normalized spacial score (nSPS) is 22.6. The minimum absolute atomic E-state index is 0.157. The van der Waals surface area contributed by atoms with Gasteiger partial charge in [-0.05, 0) is 55.3 Å². The van der Waals surface area contributed by atoms with Gasteiger partial charge in [0.05, 0.1) is 6.20 Å². The predicted octanol–water partition coefficient (Wildman–Crippen LogP) is 3.61. The lowest BCUT2D eigenvalue weighted by atomic mass is 9.78. The molecule has 152 valence electrons. The first-order valence-corrected chi connectivity index (χ1v) is 11.3. The van der Waals surface area contributed by atoms with Crippen molar-refractivity contribution in [3.05, 3.63) is 48.0 Å². The number of hydrogen-bond acceptors (Lipinski definition) is 6. The van der Waals surface area contributed by atoms with Crippen LogP contribution >= 0.6 is 11.3 Å². The van der Waals surface area contributed by atoms with Gasteiger partial charge in [0.15, 0.2) is 0 Å². The monoisotopic (exact) mass is 410 g/mol. The SMILES string of the molecule is O=C(NC1CC(CCN2CCN(c3cccc4sccc34)CC2)C1)c1ncco1. The van der Waals surface area contributed by atoms with Gasteiger partial charge in [0.2, 0.25) is 0 Å². The fraction of sp³-hybridized carbons (Fsp3) is 0.455. The maximum absolute atomic E-state index is 12.0. The van der Waals surface area contributed by atoms with Gasteiger partial charge in [0, 0.05) is 48.0 Å². The van der Waals surface area contributed by atoms with Crippen molar-refractivity contribution in [2.24, 2.45) is 5.92 Å². The van der Waals surface area contributed by atoms with Crippen LogP contribution in [0, 0.1) is 5.92 Å². The zero-order chi connectivity index (χ0) is 19.6. The van der Waals surface area contributed by atoms with Crippen molar-refractivity contribution in [2.75, 3.05) is 37.6 Å². The average Bonchev–Trinajstić information content (AvgIpc) is 3.41. The summed E-state index contributed by atoms with van der Waals surface area (Å²) in [7, 11) is 0. The van der Waals surface area contributed by atoms with E-state index in [1.54, 1.807) is 0 Å². The Hall–Kier alpha value is -2.38. The summed E-state index contributed by atoms with van der Waals surface area (Å²) in [4.78, 5) is 21.0. The number of carbonyl (C=O) groups excluding carboxylic acids is 1. The Morgan fingerprint density at radius 2 is 2.07 bits per heavy atom. The van der Waals surface area contributed by atoms with Gasteiger partial charge in [-0.15, -0.1) is 11.3 Å². The summed E-state index contributed by atoms with van der Waals surface area (Å²) >= 11 is 1.82. The van der Waals surface area contributed by atoms with Gasteiger partial charge in [0.1, 0.15) is 6.26 Å². The lowest BCUT2D eigenvalue weighted by Gasteiger charge is -2.39. The minimum Gasteiger partial charge on any atom is -0.441 e. The number of piperazine rings is 1. The first-order chi connectivity index (χ1) is 14.3. The summed E-state index contributed by atoms with van der Waals surface area (Å²) in [6.45, 7) is 5.58. The van der Waals surface area contributed by atoms with Crippen molar-refractivity contribution in [1.29, 1.82) is 0 Å². The number of oxazole rings is 1. The first-order valence-electron chi connectivity index (χ1n) is 10.4. The molecule has 1 aliphatic heterocycles. The molecule has 1 saturated carbocycles. The van der Waals surface area contributed by atoms with E-state index < -0.39 is 0 Å². The molecule has 29 heavy (non-hydrogen) atoms. The van der Waals surface area contributed by atoms with Crippen LogP contribution < -0.4 is 10.2 Å². The molecule has 0 spiro atoms. The van der Waals surface area contributed by atoms with Crippen molar-refractivity contribution < 1.29 is 9.21 Å². The number of anilines is 1. The van der Waals surface area contributed by atoms with Gasteiger partial charge in [-0.25, -0.2) is 4.98 Å². The smallest absolute Gasteiger partial charge is 0.307 e. The van der Waals surface area contributed by atoms with Gasteiger partial charge in [-0.1, -0.05) is 6.07 Å². The van der Waals surface area contributed by atoms with Gasteiger partial charge in [0.25, 0.3) is 5.89 Å². The third-order valence-corrected chi connectivity index (χ3v) is 7.12. The maximum Gasteiger partial charge on any atom is 0.307 e. The molecule has 2 aliphatic rings. The van der Waals surface area contributed by atoms with Gasteiger partial charge < -0.3 is 14.6 Å². The van der Waals surface area contributed by atoms with Crippen LogP contribution in [-0.2, 0) is 0 Å². The molecule has 1 amide bonds. The van der Waals surface area contributed by atoms with Crippen LogP contribution in [0.5, 0.6) is 0 Å². The lowest BCUT2D eigenvalue weighted by Crippen LogP contribution is -2.48. The fourth-order valence-corrected chi connectivity index (χ4v) is 5.31. The van der Waals surface area contributed by atoms with Crippen molar-refractivity contribution in [3.63, 3.8) is 0 Å². The summed E-state index contributed by atoms with van der Waals surface area (Å²) in [6.07, 6.45) is 6.27. The van der Waals surface area contributed by atoms with Crippen molar-refractivity contribution >= 4 is 33.0 Å². The van der Waals surface area contributed by atoms with Gasteiger partial charge >= 0.3 is 5.91 Å². The highest BCUT2D eigenvalue weighted by Gasteiger charge is 2.31. The predicted molar refractivity (Wildman–Crippen MR) is 116 cm³/mol. The maximum atomic E-state index is 12.0. The summed E-state index contributed by atoms with van der Waals surface area (Å²) in [6, 6.07) is 9.15. The van der Waals surface area contributed by atoms with E-state index in [0.29, 0.717) is 5.92 Å². The van der Waals surface area contributed by atoms with Crippen molar-refractivity contribution in [1.82, 2.24) is 15.2 Å². The van der Waals surface area contributed by atoms with E-state index in [1.165, 1.54) is 34.7 Å². The number of hydrogen-bond donors (Lipinski definition) is 1. The molecule has 0 bridgehead atoms. The molecular formula is C22H26N4O2S. The molecule has 0 unspecified atom stereocenters. The first kappa shape index (κ1) is 18.6. The van der Waals surface area contributed by atoms with E-state index in [1.807, 2.05) is 11.3 Å². The molecular weight excluding hydrogens is 384 g/mol. The molecule has 2 aromatic heterocycles. The highest BCUT2D eigenvalue weighted by molar-refractivity contribution is 7.17. The molecule has 7 heteroatoms. The third-order valence-electron chi connectivity index (χ3n) is 6.24. The number of thiophene rings is 1. The second kappa shape index (κ2) is 8.16. The molecule has 3 heterocycles. The molecule has 3 aromatic rings. The number of benzene rings is 1. The van der Waals surface area contributed by atoms with E-state index in [-0.39, 0.29) is 17.8 Å². The van der Waals surface area contributed by atoms with Crippen LogP contribution in [0.1, 0.15) is 29.9 Å². The van der Waals surface area contributed by atoms with Crippen LogP contribution in [0.4, 0.5) is 5.69 Å². The Morgan fingerprint density at radius 1 is 1.21 bits per heavy atom. The van der Waals surface area contributed by atoms with E-state index in [2.05, 4.69) is 49.7 Å². The van der Waals surface area contributed by atoms with Crippen LogP contribution in [0.2, 0.25) is 0 Å². The number of fused-ring (bicyclic) bond motifs is 1. The van der Waals surface area contributed by atoms with E-state index >= 15 is 0 Å². The topological polar surface area (TPSA) is 61.6 Å². The number of rotatable bonds is 6. The zero-order valence-corrected chi connectivity index (χ0v) is 17.2. The second-order valence-corrected chi connectivity index (χ2v) is 9.02. The second-order valence-electron chi connectivity index (χ2n) is 8.07. The number of amides is 1. The molecule has 1 aliphatic carbocycles. The fourth-order valence-electron chi connectivity index (χ4n) is 4.50. The number of nitrogens with one attached hydrogen (secondary N) is 1. The molecule has 1 aromatic carbocycles. The van der Waals surface area contributed by atoms with Crippen LogP contribution in [0.3, 0.4) is 0 Å². The van der Waals surface area contributed by atoms with E-state index in [9.17, 15) is 4.79 Å². The van der Waals surface area contributed by atoms with Gasteiger partial charge in [-0.3, -0.25) is 9.69 Å². The summed E-state index contributed by atoms with van der Waals surface area (Å²) in [5, 5.41) is 6.58. The Bertz CT molecular complexity index is 956. The number of carbonyl (C=O) groups is 1. The Labute approximate surface area is 174 Å². The Balaban J connectivity index is 1.04. The summed E-state index contributed by atoms with van der Waals surface area (Å²) in [5.74, 6) is 0.669. The molecule has 2 fully saturated rings. The lowest BCUT2D eigenvalue weighted by molar-refractivity contribution is 0.0842. The van der Waals surface area contributed by atoms with E-state index in [0.717, 1.165) is 45.6 Å². The third kappa shape index (κ3) is 4.02. The summed E-state index contributed by atoms with van der Waals surface area (Å²) < 4.78 is 6.42. The number of aromatic nitrogens is 1. The van der Waals surface area contributed by atoms with Crippen LogP contribution in [0.25, 0.3) is 10.1 Å². The molecule has 6 nitrogen and oxygen atoms in total. The minimum atomic E-state index is -0.199. The molecule has 0 atom stereocenters. The van der Waals surface area contributed by atoms with Crippen molar-refractivity contribution in [3.8, 4) is 0 Å². The zero-order valence-electron chi connectivity index (χ0n) is 16.4. The standard InChI is InChI=1S/C22H26N4O2S/c27-21(22-23-6-12-28-22)24-17-14-16(15-17)4-7-25-8-10-26(11-9-25)19-2-1-3-20-18(19)5-13-29-20/h1-3,5-6,12-13,16-17H,4,7-11,14-15H2,(H,24,27). The Morgan fingerprint density at radius 3 is 2.86 bits per heavy atom. The molecule has 1 N–H and O–H groups in total. The average molecular weight is 411 g/mol. The van der Waals surface area contributed by atoms with Gasteiger partial charge in [-0.2, -0.15) is 0 Å². The number of nitrogens with zero attached hydrogens (tertiary/aromatic N) is 3. The van der Waals surface area contributed by atoms with E-state index in [4.69, 9.17) is 4.42 Å². The Kier molecular flexibility index (Phi) is 5.24. The highest BCUT2D eigenvalue weighted by atomic mass is 32.1. The molecule has 0 radical (unpaired) electrons. The molecule has 1 saturated heterocycles. The quantitative estimate of drug-likeness (QED) is 0.673. The van der Waals surface area contributed by atoms with Crippen LogP contribution in [-0.4, -0.2) is 54.6 Å². The summed E-state index contributed by atoms with van der Waals surface area (Å²) in [5.41, 5.74) is 1.38. The van der Waals surface area contributed by atoms with Crippen molar-refractivity contribution in [2.45, 2.75) is 25.3 Å². The molecule has 5 rings (SSSR count). The highest BCUT2D eigenvalue weighted by Crippen LogP contribution is 2.32.